The van der Waals surface area contributed by atoms with E-state index in [1.54, 1.807) is 4.90 Å². The van der Waals surface area contributed by atoms with Crippen LogP contribution >= 0.6 is 0 Å². The number of piperidine rings is 1. The van der Waals surface area contributed by atoms with Crippen molar-refractivity contribution in [3.63, 3.8) is 0 Å². The van der Waals surface area contributed by atoms with Gasteiger partial charge in [-0.3, -0.25) is 9.59 Å². The van der Waals surface area contributed by atoms with Crippen molar-refractivity contribution in [2.75, 3.05) is 26.2 Å². The summed E-state index contributed by atoms with van der Waals surface area (Å²) in [6.07, 6.45) is 2.88. The Hall–Kier alpha value is -1.88. The van der Waals surface area contributed by atoms with Gasteiger partial charge in [0.25, 0.3) is 0 Å². The molecule has 1 fully saturated rings. The Morgan fingerprint density at radius 2 is 1.86 bits per heavy atom. The third-order valence-electron chi connectivity index (χ3n) is 3.86. The van der Waals surface area contributed by atoms with Gasteiger partial charge in [-0.15, -0.1) is 0 Å². The van der Waals surface area contributed by atoms with Crippen LogP contribution in [0.4, 0.5) is 0 Å². The fourth-order valence-corrected chi connectivity index (χ4v) is 2.68. The first-order chi connectivity index (χ1) is 10.2. The van der Waals surface area contributed by atoms with E-state index in [2.05, 4.69) is 17.4 Å². The second-order valence-corrected chi connectivity index (χ2v) is 5.40. The van der Waals surface area contributed by atoms with Crippen LogP contribution in [0.5, 0.6) is 0 Å². The van der Waals surface area contributed by atoms with Crippen molar-refractivity contribution in [2.24, 2.45) is 5.92 Å². The average Bonchev–Trinajstić information content (AvgIpc) is 2.53. The highest BCUT2D eigenvalue weighted by Crippen LogP contribution is 2.21. The lowest BCUT2D eigenvalue weighted by Crippen LogP contribution is -2.47. The highest BCUT2D eigenvalue weighted by atomic mass is 16.3. The third-order valence-corrected chi connectivity index (χ3v) is 3.86. The molecule has 0 aliphatic carbocycles. The zero-order valence-electron chi connectivity index (χ0n) is 12.1. The largest absolute Gasteiger partial charge is 0.395 e. The van der Waals surface area contributed by atoms with Gasteiger partial charge in [-0.1, -0.05) is 30.3 Å². The third kappa shape index (κ3) is 4.56. The molecule has 0 bridgehead atoms. The molecular weight excluding hydrogens is 268 g/mol. The minimum absolute atomic E-state index is 0.120. The Kier molecular flexibility index (Phi) is 5.75. The van der Waals surface area contributed by atoms with Gasteiger partial charge in [0.05, 0.1) is 6.61 Å². The molecule has 0 unspecified atom stereocenters. The van der Waals surface area contributed by atoms with E-state index in [0.717, 1.165) is 19.3 Å². The second kappa shape index (κ2) is 7.78. The maximum atomic E-state index is 11.9. The lowest BCUT2D eigenvalue weighted by Gasteiger charge is -2.31. The number of aliphatic hydroxyl groups is 1. The molecule has 0 atom stereocenters. The predicted molar refractivity (Wildman–Crippen MR) is 79.5 cm³/mol. The number of carbonyl (C=O) groups is 2. The van der Waals surface area contributed by atoms with Crippen LogP contribution in [0, 0.1) is 5.92 Å². The second-order valence-electron chi connectivity index (χ2n) is 5.40. The Morgan fingerprint density at radius 3 is 2.48 bits per heavy atom. The molecular formula is C16H22N2O3. The number of amides is 2. The molecule has 0 saturated carbocycles. The molecule has 5 heteroatoms. The van der Waals surface area contributed by atoms with E-state index in [1.165, 1.54) is 5.56 Å². The Balaban J connectivity index is 1.77. The molecule has 0 radical (unpaired) electrons. The van der Waals surface area contributed by atoms with Crippen molar-refractivity contribution >= 4 is 11.8 Å². The van der Waals surface area contributed by atoms with E-state index < -0.39 is 11.8 Å². The number of benzene rings is 1. The molecule has 1 saturated heterocycles. The van der Waals surface area contributed by atoms with Crippen molar-refractivity contribution in [3.05, 3.63) is 35.9 Å². The minimum atomic E-state index is -0.620. The first kappa shape index (κ1) is 15.5. The monoisotopic (exact) mass is 290 g/mol. The van der Waals surface area contributed by atoms with Gasteiger partial charge in [0, 0.05) is 19.6 Å². The van der Waals surface area contributed by atoms with E-state index in [-0.39, 0.29) is 13.2 Å². The fourth-order valence-electron chi connectivity index (χ4n) is 2.68. The summed E-state index contributed by atoms with van der Waals surface area (Å²) in [6.45, 7) is 1.22. The quantitative estimate of drug-likeness (QED) is 0.797. The molecule has 21 heavy (non-hydrogen) atoms. The van der Waals surface area contributed by atoms with Gasteiger partial charge >= 0.3 is 11.8 Å². The summed E-state index contributed by atoms with van der Waals surface area (Å²) < 4.78 is 0. The van der Waals surface area contributed by atoms with E-state index in [1.807, 2.05) is 18.2 Å². The van der Waals surface area contributed by atoms with Crippen LogP contribution in [0.1, 0.15) is 18.4 Å². The van der Waals surface area contributed by atoms with Crippen molar-refractivity contribution < 1.29 is 14.7 Å². The van der Waals surface area contributed by atoms with Crippen molar-refractivity contribution in [1.82, 2.24) is 10.2 Å². The molecule has 1 aromatic carbocycles. The van der Waals surface area contributed by atoms with Crippen molar-refractivity contribution in [1.29, 1.82) is 0 Å². The predicted octanol–water partition coefficient (Wildman–Crippen LogP) is 0.576. The number of carbonyl (C=O) groups excluding carboxylic acids is 2. The van der Waals surface area contributed by atoms with E-state index in [9.17, 15) is 9.59 Å². The smallest absolute Gasteiger partial charge is 0.311 e. The normalized spacial score (nSPS) is 15.8. The molecule has 5 nitrogen and oxygen atoms in total. The summed E-state index contributed by atoms with van der Waals surface area (Å²) in [5.74, 6) is -0.538. The van der Waals surface area contributed by atoms with Gasteiger partial charge < -0.3 is 15.3 Å². The van der Waals surface area contributed by atoms with Crippen LogP contribution in [0.2, 0.25) is 0 Å². The fraction of sp³-hybridized carbons (Fsp3) is 0.500. The Bertz CT molecular complexity index is 468. The van der Waals surface area contributed by atoms with Gasteiger partial charge in [-0.25, -0.2) is 0 Å². The number of hydrogen-bond acceptors (Lipinski definition) is 3. The molecule has 2 amide bonds. The Morgan fingerprint density at radius 1 is 1.19 bits per heavy atom. The summed E-state index contributed by atoms with van der Waals surface area (Å²) in [7, 11) is 0. The first-order valence-electron chi connectivity index (χ1n) is 7.42. The van der Waals surface area contributed by atoms with Crippen LogP contribution in [0.15, 0.2) is 30.3 Å². The van der Waals surface area contributed by atoms with Crippen LogP contribution < -0.4 is 5.32 Å². The van der Waals surface area contributed by atoms with Crippen molar-refractivity contribution in [2.45, 2.75) is 19.3 Å². The first-order valence-corrected chi connectivity index (χ1v) is 7.42. The van der Waals surface area contributed by atoms with Gasteiger partial charge in [0.2, 0.25) is 0 Å². The number of aliphatic hydroxyl groups excluding tert-OH is 1. The van der Waals surface area contributed by atoms with E-state index in [0.29, 0.717) is 19.0 Å². The van der Waals surface area contributed by atoms with Gasteiger partial charge in [-0.2, -0.15) is 0 Å². The van der Waals surface area contributed by atoms with Gasteiger partial charge in [0.1, 0.15) is 0 Å². The molecule has 114 valence electrons. The zero-order chi connectivity index (χ0) is 15.1. The molecule has 1 heterocycles. The number of nitrogens with one attached hydrogen (secondary N) is 1. The Labute approximate surface area is 125 Å². The zero-order valence-corrected chi connectivity index (χ0v) is 12.1. The number of likely N-dealkylation sites (tertiary alicyclic amines) is 1. The minimum Gasteiger partial charge on any atom is -0.395 e. The van der Waals surface area contributed by atoms with E-state index >= 15 is 0 Å². The summed E-state index contributed by atoms with van der Waals surface area (Å²) in [5, 5.41) is 11.0. The topological polar surface area (TPSA) is 69.6 Å². The number of rotatable bonds is 4. The standard InChI is InChI=1S/C16H22N2O3/c19-11-8-17-15(20)16(21)18-9-6-14(7-10-18)12-13-4-2-1-3-5-13/h1-5,14,19H,6-12H2,(H,17,20). The summed E-state index contributed by atoms with van der Waals surface area (Å²) in [5.41, 5.74) is 1.32. The highest BCUT2D eigenvalue weighted by molar-refractivity contribution is 6.35. The summed E-state index contributed by atoms with van der Waals surface area (Å²) in [6, 6.07) is 10.3. The van der Waals surface area contributed by atoms with Gasteiger partial charge in [-0.05, 0) is 30.7 Å². The van der Waals surface area contributed by atoms with Crippen molar-refractivity contribution in [3.8, 4) is 0 Å². The van der Waals surface area contributed by atoms with Crippen LogP contribution in [-0.4, -0.2) is 48.1 Å². The lowest BCUT2D eigenvalue weighted by molar-refractivity contribution is -0.146. The lowest BCUT2D eigenvalue weighted by atomic mass is 9.90. The van der Waals surface area contributed by atoms with Crippen LogP contribution in [0.25, 0.3) is 0 Å². The SMILES string of the molecule is O=C(NCCO)C(=O)N1CCC(Cc2ccccc2)CC1. The average molecular weight is 290 g/mol. The molecule has 1 aromatic rings. The molecule has 1 aliphatic heterocycles. The summed E-state index contributed by atoms with van der Waals surface area (Å²) >= 11 is 0. The highest BCUT2D eigenvalue weighted by Gasteiger charge is 2.26. The molecule has 2 rings (SSSR count). The molecule has 0 spiro atoms. The van der Waals surface area contributed by atoms with Gasteiger partial charge in [0.15, 0.2) is 0 Å². The van der Waals surface area contributed by atoms with Crippen LogP contribution in [0.3, 0.4) is 0 Å². The van der Waals surface area contributed by atoms with E-state index in [4.69, 9.17) is 5.11 Å². The number of nitrogens with zero attached hydrogens (tertiary/aromatic N) is 1. The maximum absolute atomic E-state index is 11.9. The summed E-state index contributed by atoms with van der Waals surface area (Å²) in [4.78, 5) is 25.1. The molecule has 0 aromatic heterocycles. The molecule has 1 aliphatic rings. The maximum Gasteiger partial charge on any atom is 0.311 e. The molecule has 2 N–H and O–H groups in total. The number of hydrogen-bond donors (Lipinski definition) is 2. The van der Waals surface area contributed by atoms with Crippen LogP contribution in [-0.2, 0) is 16.0 Å².